The van der Waals surface area contributed by atoms with Crippen molar-refractivity contribution in [2.75, 3.05) is 0 Å². The first-order valence-electron chi connectivity index (χ1n) is 5.82. The van der Waals surface area contributed by atoms with E-state index in [0.29, 0.717) is 30.6 Å². The van der Waals surface area contributed by atoms with E-state index in [1.54, 1.807) is 0 Å². The second-order valence-electron chi connectivity index (χ2n) is 4.40. The summed E-state index contributed by atoms with van der Waals surface area (Å²) in [6.45, 7) is 3.77. The normalized spacial score (nSPS) is 17.6. The van der Waals surface area contributed by atoms with Gasteiger partial charge in [0.15, 0.2) is 5.78 Å². The third-order valence-electron chi connectivity index (χ3n) is 2.91. The van der Waals surface area contributed by atoms with Crippen molar-refractivity contribution in [3.63, 3.8) is 0 Å². The predicted molar refractivity (Wildman–Crippen MR) is 62.8 cm³/mol. The van der Waals surface area contributed by atoms with E-state index in [-0.39, 0.29) is 28.9 Å². The number of phenolic OH excluding ortho intramolecular Hbond substituents is 2. The monoisotopic (exact) mass is 236 g/mol. The van der Waals surface area contributed by atoms with Gasteiger partial charge in [0.2, 0.25) is 0 Å². The van der Waals surface area contributed by atoms with Crippen LogP contribution in [0.2, 0.25) is 0 Å². The lowest BCUT2D eigenvalue weighted by atomic mass is 9.99. The molecule has 0 aromatic heterocycles. The van der Waals surface area contributed by atoms with Gasteiger partial charge in [-0.1, -0.05) is 6.92 Å². The molecular formula is C13H16O4. The van der Waals surface area contributed by atoms with Crippen molar-refractivity contribution in [1.82, 2.24) is 0 Å². The molecule has 0 spiro atoms. The topological polar surface area (TPSA) is 66.8 Å². The van der Waals surface area contributed by atoms with Crippen LogP contribution in [-0.2, 0) is 6.42 Å². The van der Waals surface area contributed by atoms with Crippen LogP contribution in [0.25, 0.3) is 0 Å². The predicted octanol–water partition coefficient (Wildman–Crippen LogP) is 2.40. The number of aromatic hydroxyl groups is 2. The Labute approximate surface area is 99.8 Å². The zero-order valence-corrected chi connectivity index (χ0v) is 9.99. The van der Waals surface area contributed by atoms with Crippen molar-refractivity contribution in [3.05, 3.63) is 17.2 Å². The quantitative estimate of drug-likeness (QED) is 0.791. The van der Waals surface area contributed by atoms with E-state index in [1.807, 2.05) is 13.8 Å². The highest BCUT2D eigenvalue weighted by molar-refractivity contribution is 6.02. The van der Waals surface area contributed by atoms with Crippen molar-refractivity contribution < 1.29 is 19.7 Å². The van der Waals surface area contributed by atoms with Crippen LogP contribution in [0.5, 0.6) is 17.2 Å². The number of carbonyl (C=O) groups excluding carboxylic acids is 1. The molecule has 0 radical (unpaired) electrons. The van der Waals surface area contributed by atoms with E-state index in [4.69, 9.17) is 4.74 Å². The van der Waals surface area contributed by atoms with Gasteiger partial charge >= 0.3 is 0 Å². The number of phenols is 2. The lowest BCUT2D eigenvalue weighted by Crippen LogP contribution is -2.07. The summed E-state index contributed by atoms with van der Waals surface area (Å²) < 4.78 is 5.53. The van der Waals surface area contributed by atoms with Gasteiger partial charge < -0.3 is 14.9 Å². The van der Waals surface area contributed by atoms with Crippen LogP contribution in [0.1, 0.15) is 42.6 Å². The average Bonchev–Trinajstić information content (AvgIpc) is 2.60. The smallest absolute Gasteiger partial charge is 0.170 e. The molecule has 92 valence electrons. The molecule has 0 bridgehead atoms. The zero-order chi connectivity index (χ0) is 12.6. The van der Waals surface area contributed by atoms with Gasteiger partial charge in [-0.15, -0.1) is 0 Å². The lowest BCUT2D eigenvalue weighted by molar-refractivity contribution is 0.0974. The minimum Gasteiger partial charge on any atom is -0.507 e. The largest absolute Gasteiger partial charge is 0.507 e. The van der Waals surface area contributed by atoms with E-state index < -0.39 is 0 Å². The number of benzene rings is 1. The molecule has 0 amide bonds. The number of Topliss-reactive ketones (excluding diaryl/α,β-unsaturated/α-hetero) is 1. The molecule has 1 heterocycles. The minimum absolute atomic E-state index is 0.00472. The first-order valence-corrected chi connectivity index (χ1v) is 5.82. The van der Waals surface area contributed by atoms with Crippen molar-refractivity contribution >= 4 is 5.78 Å². The molecule has 4 heteroatoms. The molecule has 0 saturated carbocycles. The van der Waals surface area contributed by atoms with Gasteiger partial charge in [0.25, 0.3) is 0 Å². The molecule has 2 rings (SSSR count). The Bertz CT molecular complexity index is 465. The number of ketones is 1. The molecule has 0 fully saturated rings. The highest BCUT2D eigenvalue weighted by Crippen LogP contribution is 2.43. The maximum Gasteiger partial charge on any atom is 0.170 e. The molecular weight excluding hydrogens is 220 g/mol. The van der Waals surface area contributed by atoms with Gasteiger partial charge in [-0.3, -0.25) is 4.79 Å². The molecule has 4 nitrogen and oxygen atoms in total. The van der Waals surface area contributed by atoms with Crippen LogP contribution in [-0.4, -0.2) is 22.1 Å². The molecule has 1 aromatic rings. The molecule has 2 N–H and O–H groups in total. The Balaban J connectivity index is 2.53. The van der Waals surface area contributed by atoms with E-state index in [9.17, 15) is 15.0 Å². The number of hydrogen-bond donors (Lipinski definition) is 2. The van der Waals surface area contributed by atoms with Crippen LogP contribution < -0.4 is 4.74 Å². The Morgan fingerprint density at radius 2 is 2.18 bits per heavy atom. The average molecular weight is 236 g/mol. The fourth-order valence-corrected chi connectivity index (χ4v) is 2.15. The highest BCUT2D eigenvalue weighted by Gasteiger charge is 2.30. The lowest BCUT2D eigenvalue weighted by Gasteiger charge is -2.11. The fourth-order valence-electron chi connectivity index (χ4n) is 2.15. The number of rotatable bonds is 3. The van der Waals surface area contributed by atoms with Crippen molar-refractivity contribution in [3.8, 4) is 17.2 Å². The van der Waals surface area contributed by atoms with Crippen LogP contribution in [0.4, 0.5) is 0 Å². The molecule has 1 atom stereocenters. The maximum atomic E-state index is 11.9. The first kappa shape index (κ1) is 11.8. The molecule has 17 heavy (non-hydrogen) atoms. The maximum absolute atomic E-state index is 11.9. The molecule has 0 aliphatic carbocycles. The second-order valence-corrected chi connectivity index (χ2v) is 4.40. The van der Waals surface area contributed by atoms with Gasteiger partial charge in [0, 0.05) is 24.5 Å². The van der Waals surface area contributed by atoms with E-state index in [0.717, 1.165) is 0 Å². The van der Waals surface area contributed by atoms with Crippen molar-refractivity contribution in [2.45, 2.75) is 39.2 Å². The summed E-state index contributed by atoms with van der Waals surface area (Å²) in [5, 5.41) is 19.5. The summed E-state index contributed by atoms with van der Waals surface area (Å²) in [6, 6.07) is 1.23. The third-order valence-corrected chi connectivity index (χ3v) is 2.91. The molecule has 1 aliphatic heterocycles. The van der Waals surface area contributed by atoms with Gasteiger partial charge in [-0.25, -0.2) is 0 Å². The standard InChI is InChI=1S/C13H16O4/c1-3-4-9(14)12-11(16)6-10(15)8-5-7(2)17-13(8)12/h6-7,15-16H,3-5H2,1-2H3. The van der Waals surface area contributed by atoms with Crippen LogP contribution in [0.15, 0.2) is 6.07 Å². The SMILES string of the molecule is CCCC(=O)c1c(O)cc(O)c2c1OC(C)C2. The second kappa shape index (κ2) is 4.28. The first-order chi connectivity index (χ1) is 8.04. The van der Waals surface area contributed by atoms with E-state index in [2.05, 4.69) is 0 Å². The summed E-state index contributed by atoms with van der Waals surface area (Å²) in [5.74, 6) is 0.00694. The van der Waals surface area contributed by atoms with Crippen LogP contribution >= 0.6 is 0 Å². The Morgan fingerprint density at radius 1 is 1.47 bits per heavy atom. The number of fused-ring (bicyclic) bond motifs is 1. The Morgan fingerprint density at radius 3 is 2.82 bits per heavy atom. The number of carbonyl (C=O) groups is 1. The molecule has 0 saturated heterocycles. The van der Waals surface area contributed by atoms with Gasteiger partial charge in [-0.05, 0) is 13.3 Å². The molecule has 1 unspecified atom stereocenters. The van der Waals surface area contributed by atoms with Crippen LogP contribution in [0.3, 0.4) is 0 Å². The number of hydrogen-bond acceptors (Lipinski definition) is 4. The summed E-state index contributed by atoms with van der Waals surface area (Å²) in [7, 11) is 0. The summed E-state index contributed by atoms with van der Waals surface area (Å²) >= 11 is 0. The Hall–Kier alpha value is -1.71. The summed E-state index contributed by atoms with van der Waals surface area (Å²) in [4.78, 5) is 11.9. The minimum atomic E-state index is -0.200. The number of ether oxygens (including phenoxy) is 1. The van der Waals surface area contributed by atoms with Gasteiger partial charge in [-0.2, -0.15) is 0 Å². The van der Waals surface area contributed by atoms with Crippen molar-refractivity contribution in [1.29, 1.82) is 0 Å². The third kappa shape index (κ3) is 1.95. The van der Waals surface area contributed by atoms with Gasteiger partial charge in [0.1, 0.15) is 28.9 Å². The Kier molecular flexibility index (Phi) is 2.96. The fraction of sp³-hybridized carbons (Fsp3) is 0.462. The summed E-state index contributed by atoms with van der Waals surface area (Å²) in [6.07, 6.45) is 1.56. The molecule has 1 aromatic carbocycles. The van der Waals surface area contributed by atoms with Gasteiger partial charge in [0.05, 0.1) is 0 Å². The van der Waals surface area contributed by atoms with E-state index in [1.165, 1.54) is 6.07 Å². The highest BCUT2D eigenvalue weighted by atomic mass is 16.5. The molecule has 1 aliphatic rings. The summed E-state index contributed by atoms with van der Waals surface area (Å²) in [5.41, 5.74) is 0.832. The van der Waals surface area contributed by atoms with E-state index >= 15 is 0 Å². The van der Waals surface area contributed by atoms with Crippen LogP contribution in [0, 0.1) is 0 Å². The van der Waals surface area contributed by atoms with Crippen molar-refractivity contribution in [2.24, 2.45) is 0 Å². The zero-order valence-electron chi connectivity index (χ0n) is 9.99.